The van der Waals surface area contributed by atoms with E-state index < -0.39 is 0 Å². The number of carbonyl (C=O) groups excluding carboxylic acids is 1. The molecule has 1 aliphatic carbocycles. The first-order valence-corrected chi connectivity index (χ1v) is 14.0. The van der Waals surface area contributed by atoms with Gasteiger partial charge in [-0.3, -0.25) is 4.79 Å². The predicted octanol–water partition coefficient (Wildman–Crippen LogP) is 7.50. The third kappa shape index (κ3) is 5.90. The predicted molar refractivity (Wildman–Crippen MR) is 156 cm³/mol. The van der Waals surface area contributed by atoms with Crippen LogP contribution < -0.4 is 24.8 Å². The molecule has 2 unspecified atom stereocenters. The minimum atomic E-state index is -0.314. The van der Waals surface area contributed by atoms with Crippen molar-refractivity contribution in [3.63, 3.8) is 0 Å². The molecule has 6 nitrogen and oxygen atoms in total. The molecule has 1 heterocycles. The molecule has 2 aliphatic rings. The summed E-state index contributed by atoms with van der Waals surface area (Å²) in [6.07, 6.45) is 1.20. The summed E-state index contributed by atoms with van der Waals surface area (Å²) >= 11 is 0. The maximum absolute atomic E-state index is 13.9. The molecular formula is C33H38N2O4. The number of allylic oxidation sites excluding steroid dienone is 1. The number of hydrogen-bond donors (Lipinski definition) is 2. The first-order valence-electron chi connectivity index (χ1n) is 14.0. The van der Waals surface area contributed by atoms with Crippen molar-refractivity contribution in [1.82, 2.24) is 0 Å². The number of nitrogens with one attached hydrogen (secondary N) is 2. The molecule has 0 bridgehead atoms. The van der Waals surface area contributed by atoms with E-state index >= 15 is 0 Å². The van der Waals surface area contributed by atoms with E-state index in [4.69, 9.17) is 14.2 Å². The van der Waals surface area contributed by atoms with Crippen molar-refractivity contribution in [3.05, 3.63) is 89.1 Å². The van der Waals surface area contributed by atoms with Gasteiger partial charge in [0.05, 0.1) is 37.2 Å². The SMILES string of the molecule is CCOc1ccc(C2Nc3ccccc3NC3=C2C(=O)CC(c2ccc(OCC(C)C)cc2)C3)cc1OCC. The quantitative estimate of drug-likeness (QED) is 0.301. The van der Waals surface area contributed by atoms with Crippen molar-refractivity contribution in [3.8, 4) is 17.2 Å². The van der Waals surface area contributed by atoms with Crippen LogP contribution in [0.3, 0.4) is 0 Å². The number of para-hydroxylation sites is 2. The van der Waals surface area contributed by atoms with Crippen molar-refractivity contribution < 1.29 is 19.0 Å². The number of benzene rings is 3. The smallest absolute Gasteiger partial charge is 0.163 e. The molecule has 0 fully saturated rings. The highest BCUT2D eigenvalue weighted by atomic mass is 16.5. The lowest BCUT2D eigenvalue weighted by atomic mass is 9.78. The van der Waals surface area contributed by atoms with Gasteiger partial charge in [-0.15, -0.1) is 0 Å². The third-order valence-corrected chi connectivity index (χ3v) is 7.14. The van der Waals surface area contributed by atoms with E-state index in [2.05, 4.69) is 36.6 Å². The van der Waals surface area contributed by atoms with Gasteiger partial charge >= 0.3 is 0 Å². The molecule has 6 heteroatoms. The second kappa shape index (κ2) is 11.9. The minimum Gasteiger partial charge on any atom is -0.493 e. The summed E-state index contributed by atoms with van der Waals surface area (Å²) in [4.78, 5) is 13.9. The highest BCUT2D eigenvalue weighted by Crippen LogP contribution is 2.45. The lowest BCUT2D eigenvalue weighted by molar-refractivity contribution is -0.116. The van der Waals surface area contributed by atoms with Crippen LogP contribution in [0.25, 0.3) is 0 Å². The van der Waals surface area contributed by atoms with E-state index in [1.807, 2.05) is 68.4 Å². The molecule has 0 aromatic heterocycles. The highest BCUT2D eigenvalue weighted by Gasteiger charge is 2.36. The molecule has 3 aromatic rings. The van der Waals surface area contributed by atoms with E-state index in [0.29, 0.717) is 43.7 Å². The lowest BCUT2D eigenvalue weighted by Crippen LogP contribution is -2.27. The van der Waals surface area contributed by atoms with Crippen molar-refractivity contribution in [2.45, 2.75) is 52.5 Å². The number of hydrogen-bond acceptors (Lipinski definition) is 6. The van der Waals surface area contributed by atoms with Crippen LogP contribution in [0.4, 0.5) is 11.4 Å². The van der Waals surface area contributed by atoms with Crippen LogP contribution in [0.1, 0.15) is 63.6 Å². The summed E-state index contributed by atoms with van der Waals surface area (Å²) in [7, 11) is 0. The third-order valence-electron chi connectivity index (χ3n) is 7.14. The molecule has 0 saturated heterocycles. The average molecular weight is 527 g/mol. The van der Waals surface area contributed by atoms with Crippen molar-refractivity contribution in [2.75, 3.05) is 30.5 Å². The molecule has 39 heavy (non-hydrogen) atoms. The van der Waals surface area contributed by atoms with Crippen LogP contribution in [0, 0.1) is 5.92 Å². The van der Waals surface area contributed by atoms with Crippen LogP contribution >= 0.6 is 0 Å². The Morgan fingerprint density at radius 3 is 2.23 bits per heavy atom. The van der Waals surface area contributed by atoms with Crippen molar-refractivity contribution >= 4 is 17.2 Å². The number of ether oxygens (including phenoxy) is 3. The molecule has 2 atom stereocenters. The molecule has 1 aliphatic heterocycles. The first kappa shape index (κ1) is 26.7. The Morgan fingerprint density at radius 1 is 0.821 bits per heavy atom. The molecule has 0 amide bonds. The number of carbonyl (C=O) groups is 1. The van der Waals surface area contributed by atoms with E-state index in [-0.39, 0.29) is 17.7 Å². The van der Waals surface area contributed by atoms with Crippen LogP contribution in [0.5, 0.6) is 17.2 Å². The van der Waals surface area contributed by atoms with E-state index in [0.717, 1.165) is 45.9 Å². The van der Waals surface area contributed by atoms with Crippen molar-refractivity contribution in [1.29, 1.82) is 0 Å². The van der Waals surface area contributed by atoms with Gasteiger partial charge < -0.3 is 24.8 Å². The van der Waals surface area contributed by atoms with Crippen LogP contribution in [-0.2, 0) is 4.79 Å². The van der Waals surface area contributed by atoms with Gasteiger partial charge in [0, 0.05) is 17.7 Å². The summed E-state index contributed by atoms with van der Waals surface area (Å²) in [5, 5.41) is 7.28. The maximum atomic E-state index is 13.9. The molecule has 2 N–H and O–H groups in total. The fraction of sp³-hybridized carbons (Fsp3) is 0.364. The second-order valence-corrected chi connectivity index (χ2v) is 10.5. The van der Waals surface area contributed by atoms with E-state index in [9.17, 15) is 4.79 Å². The zero-order valence-corrected chi connectivity index (χ0v) is 23.3. The summed E-state index contributed by atoms with van der Waals surface area (Å²) in [6, 6.07) is 22.0. The monoisotopic (exact) mass is 526 g/mol. The summed E-state index contributed by atoms with van der Waals surface area (Å²) in [6.45, 7) is 9.96. The fourth-order valence-corrected chi connectivity index (χ4v) is 5.32. The van der Waals surface area contributed by atoms with Gasteiger partial charge in [0.15, 0.2) is 17.3 Å². The fourth-order valence-electron chi connectivity index (χ4n) is 5.32. The molecule has 0 spiro atoms. The number of ketones is 1. The van der Waals surface area contributed by atoms with Crippen LogP contribution in [0.2, 0.25) is 0 Å². The number of fused-ring (bicyclic) bond motifs is 1. The maximum Gasteiger partial charge on any atom is 0.163 e. The zero-order chi connectivity index (χ0) is 27.4. The van der Waals surface area contributed by atoms with Gasteiger partial charge in [-0.2, -0.15) is 0 Å². The molecule has 0 radical (unpaired) electrons. The Kier molecular flexibility index (Phi) is 8.10. The van der Waals surface area contributed by atoms with Gasteiger partial charge in [-0.1, -0.05) is 44.2 Å². The summed E-state index contributed by atoms with van der Waals surface area (Å²) in [5.41, 5.74) is 5.78. The zero-order valence-electron chi connectivity index (χ0n) is 23.3. The number of anilines is 2. The highest BCUT2D eigenvalue weighted by molar-refractivity contribution is 6.01. The van der Waals surface area contributed by atoms with Crippen molar-refractivity contribution in [2.24, 2.45) is 5.92 Å². The topological polar surface area (TPSA) is 68.8 Å². The molecule has 5 rings (SSSR count). The van der Waals surface area contributed by atoms with E-state index in [1.165, 1.54) is 0 Å². The molecular weight excluding hydrogens is 488 g/mol. The van der Waals surface area contributed by atoms with Gasteiger partial charge in [0.2, 0.25) is 0 Å². The Balaban J connectivity index is 1.50. The Bertz CT molecular complexity index is 1350. The van der Waals surface area contributed by atoms with Gasteiger partial charge in [0.25, 0.3) is 0 Å². The van der Waals surface area contributed by atoms with Gasteiger partial charge in [-0.05, 0) is 79.6 Å². The summed E-state index contributed by atoms with van der Waals surface area (Å²) in [5.74, 6) is 2.96. The summed E-state index contributed by atoms with van der Waals surface area (Å²) < 4.78 is 17.6. The Hall–Kier alpha value is -3.93. The Morgan fingerprint density at radius 2 is 1.51 bits per heavy atom. The van der Waals surface area contributed by atoms with Crippen LogP contribution in [-0.4, -0.2) is 25.6 Å². The van der Waals surface area contributed by atoms with E-state index in [1.54, 1.807) is 0 Å². The largest absolute Gasteiger partial charge is 0.493 e. The molecule has 0 saturated carbocycles. The lowest BCUT2D eigenvalue weighted by Gasteiger charge is -2.30. The first-order chi connectivity index (χ1) is 19.0. The molecule has 204 valence electrons. The Labute approximate surface area is 231 Å². The standard InChI is InChI=1S/C33H38N2O4/c1-5-37-30-16-13-23(19-31(30)38-6-2)33-32-28(34-26-9-7-8-10-27(26)35-33)17-24(18-29(32)36)22-11-14-25(15-12-22)39-20-21(3)4/h7-16,19,21,24,33-35H,5-6,17-18,20H2,1-4H3. The van der Waals surface area contributed by atoms with Gasteiger partial charge in [-0.25, -0.2) is 0 Å². The number of rotatable bonds is 9. The number of Topliss-reactive ketones (excluding diaryl/α,β-unsaturated/α-hetero) is 1. The van der Waals surface area contributed by atoms with Gasteiger partial charge in [0.1, 0.15) is 5.75 Å². The normalized spacial score (nSPS) is 18.4. The van der Waals surface area contributed by atoms with Crippen LogP contribution in [0.15, 0.2) is 78.0 Å². The minimum absolute atomic E-state index is 0.0909. The average Bonchev–Trinajstić information content (AvgIpc) is 3.10. The molecule has 3 aromatic carbocycles. The second-order valence-electron chi connectivity index (χ2n) is 10.5.